The molecule has 198 valence electrons. The number of aryl methyl sites for hydroxylation is 1. The van der Waals surface area contributed by atoms with E-state index in [0.29, 0.717) is 33.3 Å². The molecule has 0 saturated heterocycles. The molecular formula is C29H22F4N4O2. The molecule has 3 aromatic heterocycles. The van der Waals surface area contributed by atoms with Crippen molar-refractivity contribution in [2.24, 2.45) is 7.05 Å². The topological polar surface area (TPSA) is 79.8 Å². The Morgan fingerprint density at radius 2 is 1.64 bits per heavy atom. The fraction of sp³-hybridized carbons (Fsp3) is 0.138. The highest BCUT2D eigenvalue weighted by atomic mass is 19.3. The second-order valence-electron chi connectivity index (χ2n) is 9.05. The van der Waals surface area contributed by atoms with Crippen LogP contribution < -0.4 is 10.9 Å². The maximum absolute atomic E-state index is 13.7. The predicted molar refractivity (Wildman–Crippen MR) is 141 cm³/mol. The first-order valence-electron chi connectivity index (χ1n) is 12.0. The van der Waals surface area contributed by atoms with Crippen LogP contribution in [0.2, 0.25) is 0 Å². The standard InChI is InChI=1S/C29H22F4N4O2/c1-37-13-11-22-26(29(37)39)25(17-4-8-20(31)9-5-17)27(35-22)18-10-12-34-24(14-18)36-28(38)21(15-23(32)33)16-2-6-19(30)7-3-16/h2-14,21,23,35H,15H2,1H3,(H,34,36,38)/t21-/m0/s1. The van der Waals surface area contributed by atoms with Gasteiger partial charge in [-0.2, -0.15) is 0 Å². The number of aromatic amines is 1. The number of aromatic nitrogens is 3. The van der Waals surface area contributed by atoms with Crippen LogP contribution in [0.25, 0.3) is 33.3 Å². The summed E-state index contributed by atoms with van der Waals surface area (Å²) in [7, 11) is 1.62. The monoisotopic (exact) mass is 534 g/mol. The van der Waals surface area contributed by atoms with Gasteiger partial charge in [-0.15, -0.1) is 0 Å². The number of nitrogens with one attached hydrogen (secondary N) is 2. The first-order chi connectivity index (χ1) is 18.7. The molecule has 0 fully saturated rings. The number of H-pyrrole nitrogens is 1. The molecule has 0 saturated carbocycles. The Hall–Kier alpha value is -4.73. The molecule has 0 aliphatic heterocycles. The summed E-state index contributed by atoms with van der Waals surface area (Å²) in [6, 6.07) is 15.5. The predicted octanol–water partition coefficient (Wildman–Crippen LogP) is 6.25. The van der Waals surface area contributed by atoms with Crippen molar-refractivity contribution < 1.29 is 22.4 Å². The fourth-order valence-corrected chi connectivity index (χ4v) is 4.55. The fourth-order valence-electron chi connectivity index (χ4n) is 4.55. The van der Waals surface area contributed by atoms with Crippen LogP contribution in [0.4, 0.5) is 23.4 Å². The second-order valence-corrected chi connectivity index (χ2v) is 9.05. The van der Waals surface area contributed by atoms with E-state index >= 15 is 0 Å². The summed E-state index contributed by atoms with van der Waals surface area (Å²) in [4.78, 5) is 33.5. The minimum absolute atomic E-state index is 0.0930. The first kappa shape index (κ1) is 25.9. The van der Waals surface area contributed by atoms with Crippen molar-refractivity contribution in [3.63, 3.8) is 0 Å². The van der Waals surface area contributed by atoms with Gasteiger partial charge in [0.2, 0.25) is 12.3 Å². The van der Waals surface area contributed by atoms with Gasteiger partial charge in [-0.1, -0.05) is 24.3 Å². The van der Waals surface area contributed by atoms with Crippen LogP contribution in [0.15, 0.2) is 83.9 Å². The van der Waals surface area contributed by atoms with Gasteiger partial charge in [0.15, 0.2) is 0 Å². The summed E-state index contributed by atoms with van der Waals surface area (Å²) in [5.74, 6) is -2.84. The second kappa shape index (κ2) is 10.6. The number of carbonyl (C=O) groups is 1. The van der Waals surface area contributed by atoms with E-state index in [1.165, 1.54) is 35.0 Å². The van der Waals surface area contributed by atoms with Gasteiger partial charge in [0.05, 0.1) is 22.5 Å². The van der Waals surface area contributed by atoms with Gasteiger partial charge < -0.3 is 14.9 Å². The third-order valence-corrected chi connectivity index (χ3v) is 6.46. The van der Waals surface area contributed by atoms with Crippen molar-refractivity contribution in [2.75, 3.05) is 5.32 Å². The minimum atomic E-state index is -2.77. The van der Waals surface area contributed by atoms with Crippen molar-refractivity contribution in [3.8, 4) is 22.4 Å². The molecule has 2 N–H and O–H groups in total. The number of halogens is 4. The van der Waals surface area contributed by atoms with Crippen LogP contribution >= 0.6 is 0 Å². The van der Waals surface area contributed by atoms with Crippen LogP contribution in [0, 0.1) is 11.6 Å². The summed E-state index contributed by atoms with van der Waals surface area (Å²) in [5.41, 5.74) is 2.75. The van der Waals surface area contributed by atoms with Gasteiger partial charge in [-0.05, 0) is 53.6 Å². The molecule has 1 amide bonds. The number of benzene rings is 2. The van der Waals surface area contributed by atoms with E-state index in [1.54, 1.807) is 43.6 Å². The van der Waals surface area contributed by atoms with Gasteiger partial charge in [0, 0.05) is 37.0 Å². The molecular weight excluding hydrogens is 512 g/mol. The van der Waals surface area contributed by atoms with Gasteiger partial charge >= 0.3 is 0 Å². The Balaban J connectivity index is 1.56. The zero-order valence-corrected chi connectivity index (χ0v) is 20.6. The number of anilines is 1. The lowest BCUT2D eigenvalue weighted by molar-refractivity contribution is -0.118. The number of amides is 1. The summed E-state index contributed by atoms with van der Waals surface area (Å²) in [5, 5.41) is 2.99. The summed E-state index contributed by atoms with van der Waals surface area (Å²) >= 11 is 0. The van der Waals surface area contributed by atoms with Crippen LogP contribution in [-0.2, 0) is 11.8 Å². The van der Waals surface area contributed by atoms with Crippen molar-refractivity contribution in [3.05, 3.63) is 107 Å². The molecule has 0 aliphatic carbocycles. The molecule has 5 aromatic rings. The number of hydrogen-bond donors (Lipinski definition) is 2. The van der Waals surface area contributed by atoms with Crippen LogP contribution in [0.1, 0.15) is 17.9 Å². The number of fused-ring (bicyclic) bond motifs is 1. The van der Waals surface area contributed by atoms with E-state index in [4.69, 9.17) is 0 Å². The van der Waals surface area contributed by atoms with E-state index < -0.39 is 36.3 Å². The molecule has 2 aromatic carbocycles. The highest BCUT2D eigenvalue weighted by molar-refractivity contribution is 6.03. The molecule has 0 spiro atoms. The Bertz CT molecular complexity index is 1710. The lowest BCUT2D eigenvalue weighted by Crippen LogP contribution is -2.23. The summed E-state index contributed by atoms with van der Waals surface area (Å²) < 4.78 is 55.1. The SMILES string of the molecule is Cn1ccc2[nH]c(-c3ccnc(NC(=O)[C@@H](CC(F)F)c4ccc(F)cc4)c3)c(-c3ccc(F)cc3)c2c1=O. The minimum Gasteiger partial charge on any atom is -0.354 e. The van der Waals surface area contributed by atoms with E-state index in [9.17, 15) is 27.2 Å². The number of carbonyl (C=O) groups excluding carboxylic acids is 1. The van der Waals surface area contributed by atoms with Crippen LogP contribution in [-0.4, -0.2) is 26.9 Å². The third kappa shape index (κ3) is 5.31. The van der Waals surface area contributed by atoms with Crippen molar-refractivity contribution in [2.45, 2.75) is 18.8 Å². The normalized spacial score (nSPS) is 12.2. The Kier molecular flexibility index (Phi) is 7.02. The average molecular weight is 535 g/mol. The number of rotatable bonds is 7. The number of pyridine rings is 2. The largest absolute Gasteiger partial charge is 0.354 e. The van der Waals surface area contributed by atoms with E-state index in [-0.39, 0.29) is 16.9 Å². The molecule has 10 heteroatoms. The molecule has 0 aliphatic rings. The van der Waals surface area contributed by atoms with E-state index in [1.807, 2.05) is 0 Å². The van der Waals surface area contributed by atoms with Crippen LogP contribution in [0.3, 0.4) is 0 Å². The highest BCUT2D eigenvalue weighted by Gasteiger charge is 2.26. The Labute approximate surface area is 220 Å². The van der Waals surface area contributed by atoms with Gasteiger partial charge in [0.1, 0.15) is 17.5 Å². The lowest BCUT2D eigenvalue weighted by atomic mass is 9.95. The maximum Gasteiger partial charge on any atom is 0.260 e. The van der Waals surface area contributed by atoms with E-state index in [0.717, 1.165) is 12.1 Å². The van der Waals surface area contributed by atoms with E-state index in [2.05, 4.69) is 15.3 Å². The lowest BCUT2D eigenvalue weighted by Gasteiger charge is -2.17. The van der Waals surface area contributed by atoms with Crippen molar-refractivity contribution in [1.29, 1.82) is 0 Å². The average Bonchev–Trinajstić information content (AvgIpc) is 3.31. The molecule has 3 heterocycles. The highest BCUT2D eigenvalue weighted by Crippen LogP contribution is 2.37. The van der Waals surface area contributed by atoms with Crippen molar-refractivity contribution in [1.82, 2.24) is 14.5 Å². The number of hydrogen-bond acceptors (Lipinski definition) is 3. The number of nitrogens with zero attached hydrogens (tertiary/aromatic N) is 2. The summed E-state index contributed by atoms with van der Waals surface area (Å²) in [6.07, 6.45) is -0.464. The molecule has 0 bridgehead atoms. The van der Waals surface area contributed by atoms with Gasteiger partial charge in [-0.25, -0.2) is 22.5 Å². The smallest absolute Gasteiger partial charge is 0.260 e. The van der Waals surface area contributed by atoms with Gasteiger partial charge in [0.25, 0.3) is 5.56 Å². The third-order valence-electron chi connectivity index (χ3n) is 6.46. The molecule has 0 unspecified atom stereocenters. The summed E-state index contributed by atoms with van der Waals surface area (Å²) in [6.45, 7) is 0. The first-order valence-corrected chi connectivity index (χ1v) is 12.0. The molecule has 5 rings (SSSR count). The maximum atomic E-state index is 13.7. The van der Waals surface area contributed by atoms with Crippen molar-refractivity contribution >= 4 is 22.6 Å². The molecule has 0 radical (unpaired) electrons. The molecule has 6 nitrogen and oxygen atoms in total. The Morgan fingerprint density at radius 3 is 2.31 bits per heavy atom. The quantitative estimate of drug-likeness (QED) is 0.242. The zero-order valence-electron chi connectivity index (χ0n) is 20.6. The Morgan fingerprint density at radius 1 is 0.974 bits per heavy atom. The zero-order chi connectivity index (χ0) is 27.7. The number of alkyl halides is 2. The van der Waals surface area contributed by atoms with Crippen LogP contribution in [0.5, 0.6) is 0 Å². The molecule has 1 atom stereocenters. The van der Waals surface area contributed by atoms with Gasteiger partial charge in [-0.3, -0.25) is 9.59 Å². The molecule has 39 heavy (non-hydrogen) atoms.